The SMILES string of the molecule is CC(C)NCc1c(C(=O)O)oc2ccccc12. The molecule has 0 atom stereocenters. The highest BCUT2D eigenvalue weighted by Gasteiger charge is 2.19. The molecule has 0 saturated heterocycles. The van der Waals surface area contributed by atoms with Gasteiger partial charge in [-0.25, -0.2) is 4.79 Å². The predicted octanol–water partition coefficient (Wildman–Crippen LogP) is 2.63. The van der Waals surface area contributed by atoms with Gasteiger partial charge in [-0.3, -0.25) is 0 Å². The predicted molar refractivity (Wildman–Crippen MR) is 65.1 cm³/mol. The van der Waals surface area contributed by atoms with E-state index < -0.39 is 5.97 Å². The van der Waals surface area contributed by atoms with Crippen molar-refractivity contribution in [3.63, 3.8) is 0 Å². The molecule has 0 fully saturated rings. The van der Waals surface area contributed by atoms with Gasteiger partial charge >= 0.3 is 5.97 Å². The average Bonchev–Trinajstić information content (AvgIpc) is 2.65. The number of para-hydroxylation sites is 1. The molecule has 0 unspecified atom stereocenters. The van der Waals surface area contributed by atoms with Gasteiger partial charge in [0.1, 0.15) is 5.58 Å². The van der Waals surface area contributed by atoms with Gasteiger partial charge in [0.05, 0.1) is 0 Å². The summed E-state index contributed by atoms with van der Waals surface area (Å²) < 4.78 is 5.35. The van der Waals surface area contributed by atoms with Crippen molar-refractivity contribution in [2.75, 3.05) is 0 Å². The lowest BCUT2D eigenvalue weighted by atomic mass is 10.1. The number of rotatable bonds is 4. The highest BCUT2D eigenvalue weighted by Crippen LogP contribution is 2.25. The van der Waals surface area contributed by atoms with Crippen molar-refractivity contribution < 1.29 is 14.3 Å². The Hall–Kier alpha value is -1.81. The van der Waals surface area contributed by atoms with Crippen LogP contribution in [0.25, 0.3) is 11.0 Å². The molecule has 0 aliphatic rings. The third kappa shape index (κ3) is 2.31. The van der Waals surface area contributed by atoms with E-state index in [1.54, 1.807) is 6.07 Å². The Balaban J connectivity index is 2.48. The number of carboxylic acid groups (broad SMARTS) is 1. The summed E-state index contributed by atoms with van der Waals surface area (Å²) in [6.07, 6.45) is 0. The molecular formula is C13H15NO3. The fourth-order valence-corrected chi connectivity index (χ4v) is 1.75. The van der Waals surface area contributed by atoms with Crippen molar-refractivity contribution in [2.45, 2.75) is 26.4 Å². The molecule has 4 heteroatoms. The fourth-order valence-electron chi connectivity index (χ4n) is 1.75. The molecule has 0 spiro atoms. The van der Waals surface area contributed by atoms with Gasteiger partial charge < -0.3 is 14.8 Å². The lowest BCUT2D eigenvalue weighted by Crippen LogP contribution is -2.22. The molecular weight excluding hydrogens is 218 g/mol. The minimum Gasteiger partial charge on any atom is -0.475 e. The molecule has 0 saturated carbocycles. The smallest absolute Gasteiger partial charge is 0.372 e. The van der Waals surface area contributed by atoms with E-state index in [-0.39, 0.29) is 5.76 Å². The summed E-state index contributed by atoms with van der Waals surface area (Å²) >= 11 is 0. The zero-order valence-corrected chi connectivity index (χ0v) is 9.86. The van der Waals surface area contributed by atoms with Gasteiger partial charge in [0.25, 0.3) is 0 Å². The zero-order valence-electron chi connectivity index (χ0n) is 9.86. The summed E-state index contributed by atoms with van der Waals surface area (Å²) in [5, 5.41) is 13.2. The number of fused-ring (bicyclic) bond motifs is 1. The number of carbonyl (C=O) groups is 1. The van der Waals surface area contributed by atoms with Crippen LogP contribution in [0.4, 0.5) is 0 Å². The van der Waals surface area contributed by atoms with Crippen LogP contribution in [-0.4, -0.2) is 17.1 Å². The van der Waals surface area contributed by atoms with Crippen LogP contribution in [0.15, 0.2) is 28.7 Å². The van der Waals surface area contributed by atoms with Gasteiger partial charge in [-0.05, 0) is 6.07 Å². The van der Waals surface area contributed by atoms with Crippen molar-refractivity contribution in [1.29, 1.82) is 0 Å². The molecule has 1 aromatic heterocycles. The van der Waals surface area contributed by atoms with Crippen LogP contribution in [0.1, 0.15) is 30.0 Å². The molecule has 0 bridgehead atoms. The minimum absolute atomic E-state index is 0.0272. The Morgan fingerprint density at radius 3 is 2.76 bits per heavy atom. The van der Waals surface area contributed by atoms with E-state index in [1.165, 1.54) is 0 Å². The molecule has 0 amide bonds. The van der Waals surface area contributed by atoms with Crippen molar-refractivity contribution in [3.05, 3.63) is 35.6 Å². The second-order valence-corrected chi connectivity index (χ2v) is 4.25. The summed E-state index contributed by atoms with van der Waals surface area (Å²) in [5.74, 6) is -0.999. The summed E-state index contributed by atoms with van der Waals surface area (Å²) in [6.45, 7) is 4.53. The van der Waals surface area contributed by atoms with Gasteiger partial charge in [-0.1, -0.05) is 32.0 Å². The van der Waals surface area contributed by atoms with Crippen LogP contribution in [-0.2, 0) is 6.54 Å². The average molecular weight is 233 g/mol. The number of aromatic carboxylic acids is 1. The van der Waals surface area contributed by atoms with Crippen molar-refractivity contribution in [1.82, 2.24) is 5.32 Å². The van der Waals surface area contributed by atoms with E-state index in [2.05, 4.69) is 5.32 Å². The number of furan rings is 1. The Labute approximate surface area is 99.2 Å². The summed E-state index contributed by atoms with van der Waals surface area (Å²) in [4.78, 5) is 11.1. The quantitative estimate of drug-likeness (QED) is 0.852. The van der Waals surface area contributed by atoms with Gasteiger partial charge in [0.2, 0.25) is 5.76 Å². The van der Waals surface area contributed by atoms with Gasteiger partial charge in [-0.15, -0.1) is 0 Å². The summed E-state index contributed by atoms with van der Waals surface area (Å²) in [5.41, 5.74) is 1.33. The van der Waals surface area contributed by atoms with E-state index in [0.29, 0.717) is 23.7 Å². The Morgan fingerprint density at radius 2 is 2.12 bits per heavy atom. The third-order valence-corrected chi connectivity index (χ3v) is 2.58. The number of hydrogen-bond donors (Lipinski definition) is 2. The van der Waals surface area contributed by atoms with Crippen molar-refractivity contribution in [2.24, 2.45) is 0 Å². The normalized spacial score (nSPS) is 11.2. The first kappa shape index (κ1) is 11.7. The van der Waals surface area contributed by atoms with Crippen LogP contribution < -0.4 is 5.32 Å². The maximum Gasteiger partial charge on any atom is 0.372 e. The van der Waals surface area contributed by atoms with E-state index in [1.807, 2.05) is 32.0 Å². The van der Waals surface area contributed by atoms with Crippen LogP contribution in [0, 0.1) is 0 Å². The molecule has 17 heavy (non-hydrogen) atoms. The molecule has 4 nitrogen and oxygen atoms in total. The Kier molecular flexibility index (Phi) is 3.15. The van der Waals surface area contributed by atoms with E-state index >= 15 is 0 Å². The second-order valence-electron chi connectivity index (χ2n) is 4.25. The number of nitrogens with one attached hydrogen (secondary N) is 1. The number of benzene rings is 1. The van der Waals surface area contributed by atoms with E-state index in [0.717, 1.165) is 5.39 Å². The molecule has 2 N–H and O–H groups in total. The molecule has 90 valence electrons. The highest BCUT2D eigenvalue weighted by molar-refractivity contribution is 5.95. The minimum atomic E-state index is -1.03. The van der Waals surface area contributed by atoms with Crippen LogP contribution >= 0.6 is 0 Å². The van der Waals surface area contributed by atoms with E-state index in [4.69, 9.17) is 9.52 Å². The van der Waals surface area contributed by atoms with Crippen LogP contribution in [0.5, 0.6) is 0 Å². The summed E-state index contributed by atoms with van der Waals surface area (Å²) in [7, 11) is 0. The zero-order chi connectivity index (χ0) is 12.4. The van der Waals surface area contributed by atoms with E-state index in [9.17, 15) is 4.79 Å². The Morgan fingerprint density at radius 1 is 1.41 bits per heavy atom. The molecule has 0 aliphatic carbocycles. The largest absolute Gasteiger partial charge is 0.475 e. The van der Waals surface area contributed by atoms with Crippen molar-refractivity contribution in [3.8, 4) is 0 Å². The molecule has 0 radical (unpaired) electrons. The van der Waals surface area contributed by atoms with Crippen LogP contribution in [0.2, 0.25) is 0 Å². The standard InChI is InChI=1S/C13H15NO3/c1-8(2)14-7-10-9-5-3-4-6-11(9)17-12(10)13(15)16/h3-6,8,14H,7H2,1-2H3,(H,15,16). The second kappa shape index (κ2) is 4.59. The molecule has 0 aliphatic heterocycles. The summed E-state index contributed by atoms with van der Waals surface area (Å²) in [6, 6.07) is 7.66. The van der Waals surface area contributed by atoms with Gasteiger partial charge in [-0.2, -0.15) is 0 Å². The van der Waals surface area contributed by atoms with Crippen molar-refractivity contribution >= 4 is 16.9 Å². The third-order valence-electron chi connectivity index (χ3n) is 2.58. The lowest BCUT2D eigenvalue weighted by molar-refractivity contribution is 0.0663. The number of carboxylic acids is 1. The topological polar surface area (TPSA) is 62.5 Å². The maximum absolute atomic E-state index is 11.1. The monoisotopic (exact) mass is 233 g/mol. The highest BCUT2D eigenvalue weighted by atomic mass is 16.4. The maximum atomic E-state index is 11.1. The van der Waals surface area contributed by atoms with Crippen LogP contribution in [0.3, 0.4) is 0 Å². The number of hydrogen-bond acceptors (Lipinski definition) is 3. The lowest BCUT2D eigenvalue weighted by Gasteiger charge is -2.07. The fraction of sp³-hybridized carbons (Fsp3) is 0.308. The van der Waals surface area contributed by atoms with Gasteiger partial charge in [0.15, 0.2) is 0 Å². The molecule has 2 aromatic rings. The molecule has 1 aromatic carbocycles. The Bertz CT molecular complexity index is 543. The first-order chi connectivity index (χ1) is 8.09. The first-order valence-corrected chi connectivity index (χ1v) is 5.56. The first-order valence-electron chi connectivity index (χ1n) is 5.56. The molecule has 1 heterocycles. The van der Waals surface area contributed by atoms with Gasteiger partial charge in [0, 0.05) is 23.5 Å². The molecule has 2 rings (SSSR count).